The van der Waals surface area contributed by atoms with E-state index in [0.717, 1.165) is 0 Å². The zero-order valence-electron chi connectivity index (χ0n) is 15.6. The molecule has 3 aromatic heterocycles. The lowest BCUT2D eigenvalue weighted by Gasteiger charge is -2.27. The van der Waals surface area contributed by atoms with Gasteiger partial charge in [-0.2, -0.15) is 5.10 Å². The molecule has 4 aromatic rings. The maximum Gasteiger partial charge on any atom is 0.239 e. The van der Waals surface area contributed by atoms with Gasteiger partial charge in [-0.1, -0.05) is 0 Å². The average Bonchev–Trinajstić information content (AvgIpc) is 3.28. The number of imidazole rings is 1. The summed E-state index contributed by atoms with van der Waals surface area (Å²) in [4.78, 5) is 17.8. The fourth-order valence-corrected chi connectivity index (χ4v) is 3.64. The van der Waals surface area contributed by atoms with E-state index in [0.29, 0.717) is 35.8 Å². The average molecular weight is 397 g/mol. The van der Waals surface area contributed by atoms with Crippen LogP contribution >= 0.6 is 0 Å². The lowest BCUT2D eigenvalue weighted by molar-refractivity contribution is -0.120. The number of rotatable bonds is 3. The number of piperazine rings is 1. The Morgan fingerprint density at radius 3 is 2.93 bits per heavy atom. The van der Waals surface area contributed by atoms with Crippen LogP contribution in [0.4, 0.5) is 14.6 Å². The van der Waals surface area contributed by atoms with Crippen molar-refractivity contribution < 1.29 is 13.6 Å². The third-order valence-corrected chi connectivity index (χ3v) is 5.18. The minimum Gasteiger partial charge on any atom is -0.353 e. The van der Waals surface area contributed by atoms with Crippen LogP contribution in [0, 0.1) is 11.6 Å². The molecular weight excluding hydrogens is 380 g/mol. The first-order valence-electron chi connectivity index (χ1n) is 9.15. The standard InChI is InChI=1S/C19H17F2N7O/c1-26-15-7-14(20)12(19(21)13(15)9-24-26)6-11-8-23-16-2-3-17(25-28(11)16)27-5-4-22-18(29)10-27/h2-3,7-9H,4-6,10H2,1H3,(H,22,29). The maximum absolute atomic E-state index is 15.0. The number of aromatic nitrogens is 5. The van der Waals surface area contributed by atoms with Gasteiger partial charge in [0, 0.05) is 38.2 Å². The molecule has 0 spiro atoms. The van der Waals surface area contributed by atoms with Gasteiger partial charge in [-0.15, -0.1) is 5.10 Å². The number of nitrogens with one attached hydrogen (secondary N) is 1. The van der Waals surface area contributed by atoms with Crippen molar-refractivity contribution in [3.63, 3.8) is 0 Å². The van der Waals surface area contributed by atoms with Crippen LogP contribution in [-0.2, 0) is 18.3 Å². The predicted octanol–water partition coefficient (Wildman–Crippen LogP) is 1.42. The molecule has 1 aliphatic rings. The van der Waals surface area contributed by atoms with Crippen LogP contribution < -0.4 is 10.2 Å². The van der Waals surface area contributed by atoms with Gasteiger partial charge < -0.3 is 10.2 Å². The Kier molecular flexibility index (Phi) is 3.93. The molecule has 1 aromatic carbocycles. The quantitative estimate of drug-likeness (QED) is 0.566. The first-order valence-corrected chi connectivity index (χ1v) is 9.15. The Balaban J connectivity index is 1.55. The summed E-state index contributed by atoms with van der Waals surface area (Å²) in [7, 11) is 1.64. The van der Waals surface area contributed by atoms with Crippen LogP contribution in [0.3, 0.4) is 0 Å². The summed E-state index contributed by atoms with van der Waals surface area (Å²) in [6.07, 6.45) is 2.93. The molecule has 148 valence electrons. The van der Waals surface area contributed by atoms with E-state index in [2.05, 4.69) is 20.5 Å². The van der Waals surface area contributed by atoms with Crippen molar-refractivity contribution in [1.29, 1.82) is 0 Å². The van der Waals surface area contributed by atoms with Crippen molar-refractivity contribution in [3.8, 4) is 0 Å². The SMILES string of the molecule is Cn1ncc2c(F)c(Cc3cnc4ccc(N5CCNC(=O)C5)nn34)c(F)cc21. The summed E-state index contributed by atoms with van der Waals surface area (Å²) < 4.78 is 32.6. The Morgan fingerprint density at radius 2 is 2.10 bits per heavy atom. The lowest BCUT2D eigenvalue weighted by atomic mass is 10.1. The molecule has 1 amide bonds. The zero-order chi connectivity index (χ0) is 20.1. The van der Waals surface area contributed by atoms with Crippen LogP contribution in [0.15, 0.2) is 30.6 Å². The predicted molar refractivity (Wildman–Crippen MR) is 102 cm³/mol. The van der Waals surface area contributed by atoms with Gasteiger partial charge in [-0.05, 0) is 12.1 Å². The first kappa shape index (κ1) is 17.5. The molecule has 8 nitrogen and oxygen atoms in total. The number of amides is 1. The van der Waals surface area contributed by atoms with E-state index in [-0.39, 0.29) is 29.8 Å². The number of nitrogens with zero attached hydrogens (tertiary/aromatic N) is 6. The molecule has 10 heteroatoms. The van der Waals surface area contributed by atoms with E-state index in [4.69, 9.17) is 0 Å². The number of carbonyl (C=O) groups is 1. The minimum atomic E-state index is -0.641. The molecule has 1 N–H and O–H groups in total. The van der Waals surface area contributed by atoms with E-state index in [9.17, 15) is 13.6 Å². The van der Waals surface area contributed by atoms with E-state index >= 15 is 0 Å². The Hall–Kier alpha value is -3.56. The Labute approximate surface area is 163 Å². The summed E-state index contributed by atoms with van der Waals surface area (Å²) in [6.45, 7) is 1.38. The van der Waals surface area contributed by atoms with Crippen LogP contribution in [0.1, 0.15) is 11.3 Å². The molecule has 5 rings (SSSR count). The summed E-state index contributed by atoms with van der Waals surface area (Å²) >= 11 is 0. The van der Waals surface area contributed by atoms with Crippen molar-refractivity contribution in [2.45, 2.75) is 6.42 Å². The third kappa shape index (κ3) is 2.87. The molecule has 0 atom stereocenters. The number of aryl methyl sites for hydroxylation is 1. The molecular formula is C19H17F2N7O. The normalized spacial score (nSPS) is 14.7. The number of benzene rings is 1. The van der Waals surface area contributed by atoms with Crippen LogP contribution in [0.25, 0.3) is 16.6 Å². The molecule has 4 heterocycles. The van der Waals surface area contributed by atoms with Gasteiger partial charge in [-0.3, -0.25) is 9.48 Å². The number of halogens is 2. The van der Waals surface area contributed by atoms with Gasteiger partial charge in [0.1, 0.15) is 17.5 Å². The monoisotopic (exact) mass is 397 g/mol. The number of carbonyl (C=O) groups excluding carboxylic acids is 1. The number of hydrogen-bond acceptors (Lipinski definition) is 5. The molecule has 0 saturated carbocycles. The zero-order valence-corrected chi connectivity index (χ0v) is 15.6. The lowest BCUT2D eigenvalue weighted by Crippen LogP contribution is -2.48. The second-order valence-electron chi connectivity index (χ2n) is 7.01. The number of hydrogen-bond donors (Lipinski definition) is 1. The molecule has 1 saturated heterocycles. The molecule has 0 bridgehead atoms. The molecule has 0 aliphatic carbocycles. The van der Waals surface area contributed by atoms with Crippen molar-refractivity contribution in [2.75, 3.05) is 24.5 Å². The van der Waals surface area contributed by atoms with Crippen molar-refractivity contribution >= 4 is 28.3 Å². The van der Waals surface area contributed by atoms with E-state index in [1.54, 1.807) is 29.9 Å². The van der Waals surface area contributed by atoms with Crippen LogP contribution in [-0.4, -0.2) is 49.9 Å². The highest BCUT2D eigenvalue weighted by Crippen LogP contribution is 2.26. The summed E-state index contributed by atoms with van der Waals surface area (Å²) in [6, 6.07) is 4.85. The van der Waals surface area contributed by atoms with Gasteiger partial charge in [0.25, 0.3) is 0 Å². The van der Waals surface area contributed by atoms with Crippen LogP contribution in [0.2, 0.25) is 0 Å². The molecule has 29 heavy (non-hydrogen) atoms. The van der Waals surface area contributed by atoms with Gasteiger partial charge >= 0.3 is 0 Å². The molecule has 0 unspecified atom stereocenters. The molecule has 1 fully saturated rings. The highest BCUT2D eigenvalue weighted by Gasteiger charge is 2.21. The van der Waals surface area contributed by atoms with E-state index < -0.39 is 11.6 Å². The van der Waals surface area contributed by atoms with E-state index in [1.807, 2.05) is 4.90 Å². The molecule has 1 aliphatic heterocycles. The fraction of sp³-hybridized carbons (Fsp3) is 0.263. The largest absolute Gasteiger partial charge is 0.353 e. The Morgan fingerprint density at radius 1 is 1.24 bits per heavy atom. The van der Waals surface area contributed by atoms with Gasteiger partial charge in [0.15, 0.2) is 5.65 Å². The van der Waals surface area contributed by atoms with Gasteiger partial charge in [0.05, 0.1) is 35.5 Å². The Bertz CT molecular complexity index is 1260. The van der Waals surface area contributed by atoms with Crippen molar-refractivity contribution in [2.24, 2.45) is 7.05 Å². The third-order valence-electron chi connectivity index (χ3n) is 5.18. The van der Waals surface area contributed by atoms with E-state index in [1.165, 1.54) is 16.9 Å². The van der Waals surface area contributed by atoms with Crippen LogP contribution in [0.5, 0.6) is 0 Å². The highest BCUT2D eigenvalue weighted by molar-refractivity contribution is 5.82. The fourth-order valence-electron chi connectivity index (χ4n) is 3.64. The summed E-state index contributed by atoms with van der Waals surface area (Å²) in [5.74, 6) is -0.738. The van der Waals surface area contributed by atoms with Crippen molar-refractivity contribution in [3.05, 3.63) is 53.5 Å². The van der Waals surface area contributed by atoms with Gasteiger partial charge in [-0.25, -0.2) is 18.3 Å². The highest BCUT2D eigenvalue weighted by atomic mass is 19.1. The minimum absolute atomic E-state index is 0.0133. The number of fused-ring (bicyclic) bond motifs is 2. The molecule has 0 radical (unpaired) electrons. The number of anilines is 1. The first-order chi connectivity index (χ1) is 14.0. The second-order valence-corrected chi connectivity index (χ2v) is 7.01. The maximum atomic E-state index is 15.0. The van der Waals surface area contributed by atoms with Gasteiger partial charge in [0.2, 0.25) is 5.91 Å². The smallest absolute Gasteiger partial charge is 0.239 e. The second kappa shape index (κ2) is 6.50. The topological polar surface area (TPSA) is 80.3 Å². The van der Waals surface area contributed by atoms with Crippen molar-refractivity contribution in [1.82, 2.24) is 29.7 Å². The summed E-state index contributed by atoms with van der Waals surface area (Å²) in [5.41, 5.74) is 1.44. The summed E-state index contributed by atoms with van der Waals surface area (Å²) in [5, 5.41) is 11.6.